The zero-order chi connectivity index (χ0) is 28.2. The van der Waals surface area contributed by atoms with Crippen LogP contribution in [0.2, 0.25) is 5.02 Å². The third-order valence-corrected chi connectivity index (χ3v) is 8.39. The number of unbranched alkanes of at least 4 members (excludes halogenated alkanes) is 2. The Morgan fingerprint density at radius 1 is 0.925 bits per heavy atom. The van der Waals surface area contributed by atoms with Crippen LogP contribution in [0.4, 0.5) is 5.69 Å². The highest BCUT2D eigenvalue weighted by Crippen LogP contribution is 2.34. The van der Waals surface area contributed by atoms with Crippen LogP contribution >= 0.6 is 11.6 Å². The van der Waals surface area contributed by atoms with E-state index >= 15 is 0 Å². The summed E-state index contributed by atoms with van der Waals surface area (Å²) in [5.74, 6) is -1.50. The van der Waals surface area contributed by atoms with E-state index in [0.29, 0.717) is 24.6 Å². The largest absolute Gasteiger partial charge is 0.384 e. The molecule has 2 aromatic rings. The monoisotopic (exact) mass is 564 g/mol. The minimum Gasteiger partial charge on any atom is -0.384 e. The molecule has 5 rings (SSSR count). The molecule has 0 bridgehead atoms. The Hall–Kier alpha value is -3.72. The van der Waals surface area contributed by atoms with Crippen molar-refractivity contribution in [3.8, 4) is 0 Å². The second-order valence-electron chi connectivity index (χ2n) is 10.6. The standard InChI is InChI=1S/C30H33ClN4O5/c31-22-9-4-3-7-20(22)19-14-17-34(18-15-19)26(37)11-2-1-5-16-32-23-10-6-8-21-27(23)30(40)35(29(21)39)24-12-13-25(36)33-28(24)38/h3-4,6-10,19,24,32H,1-2,5,11-18H2,(H,33,36,38). The smallest absolute Gasteiger partial charge is 0.264 e. The van der Waals surface area contributed by atoms with Gasteiger partial charge in [0.1, 0.15) is 6.04 Å². The van der Waals surface area contributed by atoms with Crippen molar-refractivity contribution in [3.05, 3.63) is 64.2 Å². The summed E-state index contributed by atoms with van der Waals surface area (Å²) >= 11 is 6.35. The lowest BCUT2D eigenvalue weighted by atomic mass is 9.89. The van der Waals surface area contributed by atoms with Gasteiger partial charge in [0.25, 0.3) is 11.8 Å². The molecule has 2 saturated heterocycles. The van der Waals surface area contributed by atoms with Gasteiger partial charge in [-0.2, -0.15) is 0 Å². The second kappa shape index (κ2) is 12.2. The summed E-state index contributed by atoms with van der Waals surface area (Å²) < 4.78 is 0. The number of imide groups is 2. The van der Waals surface area contributed by atoms with Crippen LogP contribution in [0.25, 0.3) is 0 Å². The van der Waals surface area contributed by atoms with E-state index < -0.39 is 29.7 Å². The quantitative estimate of drug-likeness (QED) is 0.350. The van der Waals surface area contributed by atoms with Crippen LogP contribution in [-0.2, 0) is 14.4 Å². The van der Waals surface area contributed by atoms with Crippen molar-refractivity contribution >= 4 is 46.8 Å². The lowest BCUT2D eigenvalue weighted by molar-refractivity contribution is -0.136. The van der Waals surface area contributed by atoms with Gasteiger partial charge in [-0.05, 0) is 61.8 Å². The van der Waals surface area contributed by atoms with Crippen molar-refractivity contribution in [2.24, 2.45) is 0 Å². The maximum Gasteiger partial charge on any atom is 0.264 e. The first-order valence-electron chi connectivity index (χ1n) is 14.0. The van der Waals surface area contributed by atoms with Gasteiger partial charge in [0, 0.05) is 43.2 Å². The molecule has 1 atom stereocenters. The molecule has 0 saturated carbocycles. The first-order valence-corrected chi connectivity index (χ1v) is 14.3. The number of amides is 5. The van der Waals surface area contributed by atoms with E-state index in [9.17, 15) is 24.0 Å². The van der Waals surface area contributed by atoms with E-state index in [2.05, 4.69) is 16.7 Å². The molecule has 0 radical (unpaired) electrons. The van der Waals surface area contributed by atoms with Gasteiger partial charge in [-0.25, -0.2) is 0 Å². The molecule has 10 heteroatoms. The molecule has 0 spiro atoms. The molecular formula is C30H33ClN4O5. The summed E-state index contributed by atoms with van der Waals surface area (Å²) in [6, 6.07) is 12.0. The van der Waals surface area contributed by atoms with Gasteiger partial charge in [0.15, 0.2) is 0 Å². The lowest BCUT2D eigenvalue weighted by Gasteiger charge is -2.32. The molecule has 2 aromatic carbocycles. The summed E-state index contributed by atoms with van der Waals surface area (Å²) in [5.41, 5.74) is 2.22. The molecular weight excluding hydrogens is 532 g/mol. The zero-order valence-electron chi connectivity index (χ0n) is 22.3. The normalized spacial score (nSPS) is 19.6. The Labute approximate surface area is 238 Å². The average Bonchev–Trinajstić information content (AvgIpc) is 3.21. The number of nitrogens with one attached hydrogen (secondary N) is 2. The maximum atomic E-state index is 13.2. The minimum atomic E-state index is -0.989. The van der Waals surface area contributed by atoms with Gasteiger partial charge in [0.2, 0.25) is 17.7 Å². The van der Waals surface area contributed by atoms with Crippen LogP contribution in [0.15, 0.2) is 42.5 Å². The van der Waals surface area contributed by atoms with E-state index in [-0.39, 0.29) is 29.9 Å². The molecule has 0 aromatic heterocycles. The summed E-state index contributed by atoms with van der Waals surface area (Å²) in [6.45, 7) is 2.07. The van der Waals surface area contributed by atoms with E-state index in [1.165, 1.54) is 5.56 Å². The van der Waals surface area contributed by atoms with Crippen molar-refractivity contribution in [1.29, 1.82) is 0 Å². The van der Waals surface area contributed by atoms with Crippen molar-refractivity contribution in [3.63, 3.8) is 0 Å². The number of anilines is 1. The SMILES string of the molecule is O=C1CCC(N2C(=O)c3cccc(NCCCCCC(=O)N4CCC(c5ccccc5Cl)CC4)c3C2=O)C(=O)N1. The molecule has 3 aliphatic heterocycles. The number of likely N-dealkylation sites (tertiary alicyclic amines) is 1. The van der Waals surface area contributed by atoms with Gasteiger partial charge in [-0.15, -0.1) is 0 Å². The number of fused-ring (bicyclic) bond motifs is 1. The average molecular weight is 565 g/mol. The van der Waals surface area contributed by atoms with Crippen LogP contribution < -0.4 is 10.6 Å². The minimum absolute atomic E-state index is 0.0816. The maximum absolute atomic E-state index is 13.2. The Kier molecular flexibility index (Phi) is 8.49. The number of hydrogen-bond acceptors (Lipinski definition) is 6. The van der Waals surface area contributed by atoms with Gasteiger partial charge in [-0.1, -0.05) is 42.3 Å². The van der Waals surface area contributed by atoms with E-state index in [1.54, 1.807) is 18.2 Å². The van der Waals surface area contributed by atoms with Crippen molar-refractivity contribution in [2.45, 2.75) is 63.3 Å². The van der Waals surface area contributed by atoms with Crippen LogP contribution in [0.3, 0.4) is 0 Å². The van der Waals surface area contributed by atoms with Crippen LogP contribution in [-0.4, -0.2) is 65.0 Å². The Morgan fingerprint density at radius 2 is 1.70 bits per heavy atom. The number of piperidine rings is 2. The van der Waals surface area contributed by atoms with Gasteiger partial charge in [-0.3, -0.25) is 34.2 Å². The third kappa shape index (κ3) is 5.75. The highest BCUT2D eigenvalue weighted by atomic mass is 35.5. The Bertz CT molecular complexity index is 1340. The summed E-state index contributed by atoms with van der Waals surface area (Å²) in [7, 11) is 0. The van der Waals surface area contributed by atoms with Crippen LogP contribution in [0, 0.1) is 0 Å². The topological polar surface area (TPSA) is 116 Å². The molecule has 3 aliphatic rings. The Balaban J connectivity index is 1.06. The summed E-state index contributed by atoms with van der Waals surface area (Å²) in [5, 5.41) is 6.26. The van der Waals surface area contributed by atoms with Crippen LogP contribution in [0.5, 0.6) is 0 Å². The van der Waals surface area contributed by atoms with E-state index in [4.69, 9.17) is 11.6 Å². The van der Waals surface area contributed by atoms with Gasteiger partial charge < -0.3 is 10.2 Å². The van der Waals surface area contributed by atoms with E-state index in [1.807, 2.05) is 23.1 Å². The number of hydrogen-bond donors (Lipinski definition) is 2. The van der Waals surface area contributed by atoms with Crippen molar-refractivity contribution in [1.82, 2.24) is 15.1 Å². The van der Waals surface area contributed by atoms with Crippen molar-refractivity contribution < 1.29 is 24.0 Å². The summed E-state index contributed by atoms with van der Waals surface area (Å²) in [4.78, 5) is 65.6. The molecule has 40 heavy (non-hydrogen) atoms. The molecule has 9 nitrogen and oxygen atoms in total. The highest BCUT2D eigenvalue weighted by molar-refractivity contribution is 6.31. The molecule has 2 fully saturated rings. The second-order valence-corrected chi connectivity index (χ2v) is 11.0. The predicted molar refractivity (Wildman–Crippen MR) is 150 cm³/mol. The van der Waals surface area contributed by atoms with E-state index in [0.717, 1.165) is 55.1 Å². The molecule has 0 aliphatic carbocycles. The van der Waals surface area contributed by atoms with Crippen molar-refractivity contribution in [2.75, 3.05) is 25.0 Å². The number of halogens is 1. The number of nitrogens with zero attached hydrogens (tertiary/aromatic N) is 2. The number of rotatable bonds is 9. The first kappa shape index (κ1) is 27.8. The predicted octanol–water partition coefficient (Wildman–Crippen LogP) is 4.12. The molecule has 210 valence electrons. The molecule has 1 unspecified atom stereocenters. The van der Waals surface area contributed by atoms with Gasteiger partial charge in [0.05, 0.1) is 11.1 Å². The fourth-order valence-corrected chi connectivity index (χ4v) is 6.16. The number of benzene rings is 2. The fourth-order valence-electron chi connectivity index (χ4n) is 5.87. The zero-order valence-corrected chi connectivity index (χ0v) is 23.0. The third-order valence-electron chi connectivity index (χ3n) is 8.04. The molecule has 2 N–H and O–H groups in total. The van der Waals surface area contributed by atoms with Crippen LogP contribution in [0.1, 0.15) is 83.6 Å². The molecule has 5 amide bonds. The first-order chi connectivity index (χ1) is 19.3. The molecule has 3 heterocycles. The number of carbonyl (C=O) groups is 5. The van der Waals surface area contributed by atoms with Gasteiger partial charge >= 0.3 is 0 Å². The number of carbonyl (C=O) groups excluding carboxylic acids is 5. The lowest BCUT2D eigenvalue weighted by Crippen LogP contribution is -2.54. The highest BCUT2D eigenvalue weighted by Gasteiger charge is 2.45. The summed E-state index contributed by atoms with van der Waals surface area (Å²) in [6.07, 6.45) is 4.97. The Morgan fingerprint density at radius 3 is 2.45 bits per heavy atom. The fraction of sp³-hybridized carbons (Fsp3) is 0.433.